The first-order chi connectivity index (χ1) is 17.3. The average molecular weight is 497 g/mol. The number of ketones is 1. The molecule has 0 bridgehead atoms. The molecule has 9 nitrogen and oxygen atoms in total. The van der Waals surface area contributed by atoms with Gasteiger partial charge in [-0.25, -0.2) is 0 Å². The van der Waals surface area contributed by atoms with Crippen molar-refractivity contribution in [1.82, 2.24) is 10.2 Å². The van der Waals surface area contributed by atoms with Crippen molar-refractivity contribution in [2.75, 3.05) is 33.9 Å². The number of nitrogens with one attached hydrogen (secondary N) is 1. The third kappa shape index (κ3) is 7.31. The third-order valence-electron chi connectivity index (χ3n) is 6.12. The normalized spacial score (nSPS) is 15.8. The molecule has 0 aliphatic carbocycles. The highest BCUT2D eigenvalue weighted by Crippen LogP contribution is 2.28. The monoisotopic (exact) mass is 496 g/mol. The summed E-state index contributed by atoms with van der Waals surface area (Å²) in [5.74, 6) is -0.892. The minimum atomic E-state index is -0.710. The Bertz CT molecular complexity index is 1090. The van der Waals surface area contributed by atoms with Crippen molar-refractivity contribution in [2.45, 2.75) is 32.2 Å². The molecule has 2 amide bonds. The van der Waals surface area contributed by atoms with E-state index in [2.05, 4.69) is 5.32 Å². The fourth-order valence-corrected chi connectivity index (χ4v) is 4.08. The summed E-state index contributed by atoms with van der Waals surface area (Å²) in [5.41, 5.74) is 1.88. The highest BCUT2D eigenvalue weighted by atomic mass is 16.5. The number of benzene rings is 2. The van der Waals surface area contributed by atoms with Gasteiger partial charge >= 0.3 is 5.97 Å². The van der Waals surface area contributed by atoms with Crippen LogP contribution in [0.5, 0.6) is 11.5 Å². The number of likely N-dealkylation sites (tertiary alicyclic amines) is 1. The topological polar surface area (TPSA) is 111 Å². The van der Waals surface area contributed by atoms with Crippen molar-refractivity contribution >= 4 is 23.6 Å². The van der Waals surface area contributed by atoms with Crippen LogP contribution in [-0.2, 0) is 36.8 Å². The molecule has 1 aliphatic rings. The summed E-state index contributed by atoms with van der Waals surface area (Å²) < 4.78 is 15.7. The smallest absolute Gasteiger partial charge is 0.311 e. The molecule has 192 valence electrons. The van der Waals surface area contributed by atoms with E-state index in [4.69, 9.17) is 14.2 Å². The second-order valence-electron chi connectivity index (χ2n) is 8.71. The Morgan fingerprint density at radius 3 is 2.42 bits per heavy atom. The van der Waals surface area contributed by atoms with Crippen LogP contribution in [0.4, 0.5) is 0 Å². The zero-order valence-electron chi connectivity index (χ0n) is 20.8. The van der Waals surface area contributed by atoms with E-state index in [0.29, 0.717) is 30.9 Å². The molecule has 1 aliphatic heterocycles. The lowest BCUT2D eigenvalue weighted by atomic mass is 10.0. The summed E-state index contributed by atoms with van der Waals surface area (Å²) >= 11 is 0. The molecule has 2 aromatic rings. The molecule has 0 saturated carbocycles. The number of carbonyl (C=O) groups excluding carboxylic acids is 4. The summed E-state index contributed by atoms with van der Waals surface area (Å²) in [4.78, 5) is 50.8. The number of hydrogen-bond donors (Lipinski definition) is 1. The molecule has 1 N–H and O–H groups in total. The van der Waals surface area contributed by atoms with Gasteiger partial charge in [0.2, 0.25) is 5.91 Å². The first-order valence-electron chi connectivity index (χ1n) is 11.8. The second kappa shape index (κ2) is 12.7. The van der Waals surface area contributed by atoms with E-state index in [0.717, 1.165) is 11.1 Å². The van der Waals surface area contributed by atoms with Crippen LogP contribution in [0.3, 0.4) is 0 Å². The van der Waals surface area contributed by atoms with Gasteiger partial charge in [0.25, 0.3) is 5.91 Å². The predicted molar refractivity (Wildman–Crippen MR) is 132 cm³/mol. The standard InChI is InChI=1S/C27H32N2O7/c1-18(30)22(13-19-7-5-4-6-8-19)28-25(31)17-36-27(33)21-15-26(32)29(16-21)12-11-20-9-10-23(34-2)24(14-20)35-3/h4-10,14,21-22H,11-13,15-17H2,1-3H3,(H,28,31)/t21-,22+/m1/s1. The number of carbonyl (C=O) groups is 4. The van der Waals surface area contributed by atoms with E-state index >= 15 is 0 Å². The Morgan fingerprint density at radius 1 is 1.03 bits per heavy atom. The van der Waals surface area contributed by atoms with Gasteiger partial charge in [0, 0.05) is 19.5 Å². The molecule has 3 rings (SSSR count). The molecule has 1 heterocycles. The van der Waals surface area contributed by atoms with Crippen LogP contribution in [0.1, 0.15) is 24.5 Å². The summed E-state index contributed by atoms with van der Waals surface area (Å²) in [5, 5.41) is 2.62. The van der Waals surface area contributed by atoms with Gasteiger partial charge < -0.3 is 24.4 Å². The van der Waals surface area contributed by atoms with Crippen LogP contribution in [0.15, 0.2) is 48.5 Å². The van der Waals surface area contributed by atoms with Crippen LogP contribution in [0.25, 0.3) is 0 Å². The minimum absolute atomic E-state index is 0.0382. The van der Waals surface area contributed by atoms with Crippen molar-refractivity contribution in [2.24, 2.45) is 5.92 Å². The Labute approximate surface area is 210 Å². The van der Waals surface area contributed by atoms with Crippen LogP contribution >= 0.6 is 0 Å². The van der Waals surface area contributed by atoms with E-state index in [9.17, 15) is 19.2 Å². The van der Waals surface area contributed by atoms with E-state index in [-0.39, 0.29) is 24.7 Å². The van der Waals surface area contributed by atoms with E-state index in [1.165, 1.54) is 6.92 Å². The first kappa shape index (κ1) is 26.7. The van der Waals surface area contributed by atoms with Gasteiger partial charge in [0.15, 0.2) is 23.9 Å². The number of amides is 2. The van der Waals surface area contributed by atoms with Crippen LogP contribution in [-0.4, -0.2) is 68.4 Å². The van der Waals surface area contributed by atoms with Crippen LogP contribution < -0.4 is 14.8 Å². The van der Waals surface area contributed by atoms with Gasteiger partial charge in [-0.05, 0) is 43.0 Å². The lowest BCUT2D eigenvalue weighted by molar-refractivity contribution is -0.152. The molecule has 0 unspecified atom stereocenters. The Morgan fingerprint density at radius 2 is 1.75 bits per heavy atom. The Balaban J connectivity index is 1.45. The quantitative estimate of drug-likeness (QED) is 0.447. The largest absolute Gasteiger partial charge is 0.493 e. The van der Waals surface area contributed by atoms with E-state index in [1.54, 1.807) is 19.1 Å². The van der Waals surface area contributed by atoms with Crippen molar-refractivity contribution in [3.05, 3.63) is 59.7 Å². The van der Waals surface area contributed by atoms with Gasteiger partial charge in [0.05, 0.1) is 26.2 Å². The fraction of sp³-hybridized carbons (Fsp3) is 0.407. The highest BCUT2D eigenvalue weighted by Gasteiger charge is 2.35. The predicted octanol–water partition coefficient (Wildman–Crippen LogP) is 1.95. The number of methoxy groups -OCH3 is 2. The summed E-state index contributed by atoms with van der Waals surface area (Å²) in [6.07, 6.45) is 0.975. The Hall–Kier alpha value is -3.88. The molecule has 9 heteroatoms. The van der Waals surface area contributed by atoms with Gasteiger partial charge in [-0.15, -0.1) is 0 Å². The summed E-state index contributed by atoms with van der Waals surface area (Å²) in [7, 11) is 3.13. The molecular weight excluding hydrogens is 464 g/mol. The SMILES string of the molecule is COc1ccc(CCN2C[C@H](C(=O)OCC(=O)N[C@@H](Cc3ccccc3)C(C)=O)CC2=O)cc1OC. The van der Waals surface area contributed by atoms with E-state index < -0.39 is 30.4 Å². The maximum Gasteiger partial charge on any atom is 0.311 e. The van der Waals surface area contributed by atoms with Gasteiger partial charge in [-0.2, -0.15) is 0 Å². The molecule has 0 aromatic heterocycles. The number of ether oxygens (including phenoxy) is 3. The maximum atomic E-state index is 12.5. The number of rotatable bonds is 12. The van der Waals surface area contributed by atoms with Crippen molar-refractivity contribution in [3.63, 3.8) is 0 Å². The van der Waals surface area contributed by atoms with Crippen LogP contribution in [0.2, 0.25) is 0 Å². The lowest BCUT2D eigenvalue weighted by Gasteiger charge is -2.18. The van der Waals surface area contributed by atoms with Gasteiger partial charge in [-0.3, -0.25) is 19.2 Å². The molecule has 0 spiro atoms. The zero-order valence-corrected chi connectivity index (χ0v) is 20.8. The number of esters is 1. The molecule has 2 aromatic carbocycles. The summed E-state index contributed by atoms with van der Waals surface area (Å²) in [6, 6.07) is 14.2. The van der Waals surface area contributed by atoms with Crippen molar-refractivity contribution in [1.29, 1.82) is 0 Å². The Kier molecular flexibility index (Phi) is 9.44. The molecule has 1 saturated heterocycles. The maximum absolute atomic E-state index is 12.5. The van der Waals surface area contributed by atoms with Gasteiger partial charge in [0.1, 0.15) is 0 Å². The van der Waals surface area contributed by atoms with E-state index in [1.807, 2.05) is 48.5 Å². The third-order valence-corrected chi connectivity index (χ3v) is 6.12. The molecule has 2 atom stereocenters. The summed E-state index contributed by atoms with van der Waals surface area (Å²) in [6.45, 7) is 1.57. The zero-order chi connectivity index (χ0) is 26.1. The van der Waals surface area contributed by atoms with Crippen molar-refractivity contribution in [3.8, 4) is 11.5 Å². The number of nitrogens with zero attached hydrogens (tertiary/aromatic N) is 1. The van der Waals surface area contributed by atoms with Crippen molar-refractivity contribution < 1.29 is 33.4 Å². The molecular formula is C27H32N2O7. The second-order valence-corrected chi connectivity index (χ2v) is 8.71. The minimum Gasteiger partial charge on any atom is -0.493 e. The van der Waals surface area contributed by atoms with Gasteiger partial charge in [-0.1, -0.05) is 36.4 Å². The number of Topliss-reactive ketones (excluding diaryl/α,β-unsaturated/α-hetero) is 1. The number of hydrogen-bond acceptors (Lipinski definition) is 7. The first-order valence-corrected chi connectivity index (χ1v) is 11.8. The highest BCUT2D eigenvalue weighted by molar-refractivity contribution is 5.90. The molecule has 1 fully saturated rings. The lowest BCUT2D eigenvalue weighted by Crippen LogP contribution is -2.43. The molecule has 0 radical (unpaired) electrons. The van der Waals surface area contributed by atoms with Crippen LogP contribution in [0, 0.1) is 5.92 Å². The average Bonchev–Trinajstić information content (AvgIpc) is 3.26. The molecule has 36 heavy (non-hydrogen) atoms. The fourth-order valence-electron chi connectivity index (χ4n) is 4.08.